The van der Waals surface area contributed by atoms with Crippen molar-refractivity contribution in [3.63, 3.8) is 0 Å². The van der Waals surface area contributed by atoms with Crippen molar-refractivity contribution >= 4 is 17.5 Å². The van der Waals surface area contributed by atoms with Gasteiger partial charge >= 0.3 is 0 Å². The smallest absolute Gasteiger partial charge is 0.254 e. The molecule has 1 unspecified atom stereocenters. The zero-order chi connectivity index (χ0) is 14.1. The summed E-state index contributed by atoms with van der Waals surface area (Å²) in [6.07, 6.45) is 5.89. The van der Waals surface area contributed by atoms with Crippen LogP contribution in [0.4, 0.5) is 5.69 Å². The fourth-order valence-electron chi connectivity index (χ4n) is 2.62. The van der Waals surface area contributed by atoms with Gasteiger partial charge in [0.1, 0.15) is 6.04 Å². The van der Waals surface area contributed by atoms with Gasteiger partial charge in [-0.05, 0) is 37.8 Å². The zero-order valence-electron chi connectivity index (χ0n) is 11.5. The minimum absolute atomic E-state index is 0.00361. The second-order valence-corrected chi connectivity index (χ2v) is 5.32. The van der Waals surface area contributed by atoms with Crippen LogP contribution in [0.5, 0.6) is 0 Å². The number of amides is 2. The first-order valence-electron chi connectivity index (χ1n) is 7.05. The molecule has 0 spiro atoms. The number of benzene rings is 1. The third-order valence-electron chi connectivity index (χ3n) is 3.88. The van der Waals surface area contributed by atoms with E-state index in [0.29, 0.717) is 23.7 Å². The SMILES string of the molecule is C/C=C/CN1C(=O)C(C2CC2)NC(=O)c2ccccc21. The van der Waals surface area contributed by atoms with Crippen molar-refractivity contribution in [1.29, 1.82) is 0 Å². The minimum atomic E-state index is -0.375. The Hall–Kier alpha value is -2.10. The monoisotopic (exact) mass is 270 g/mol. The molecule has 2 amide bonds. The Kier molecular flexibility index (Phi) is 3.30. The third-order valence-corrected chi connectivity index (χ3v) is 3.88. The van der Waals surface area contributed by atoms with Gasteiger partial charge in [-0.15, -0.1) is 0 Å². The van der Waals surface area contributed by atoms with Gasteiger partial charge in [0.25, 0.3) is 5.91 Å². The number of para-hydroxylation sites is 1. The van der Waals surface area contributed by atoms with Crippen LogP contribution in [0.25, 0.3) is 0 Å². The molecule has 0 radical (unpaired) electrons. The molecular formula is C16H18N2O2. The first-order chi connectivity index (χ1) is 9.72. The van der Waals surface area contributed by atoms with Crippen molar-refractivity contribution in [2.45, 2.75) is 25.8 Å². The highest BCUT2D eigenvalue weighted by Crippen LogP contribution is 2.36. The quantitative estimate of drug-likeness (QED) is 0.855. The van der Waals surface area contributed by atoms with E-state index in [4.69, 9.17) is 0 Å². The Morgan fingerprint density at radius 1 is 1.30 bits per heavy atom. The van der Waals surface area contributed by atoms with Crippen LogP contribution in [-0.2, 0) is 4.79 Å². The number of nitrogens with zero attached hydrogens (tertiary/aromatic N) is 1. The van der Waals surface area contributed by atoms with Gasteiger partial charge in [-0.25, -0.2) is 0 Å². The van der Waals surface area contributed by atoms with Crippen molar-refractivity contribution in [2.75, 3.05) is 11.4 Å². The summed E-state index contributed by atoms with van der Waals surface area (Å²) in [5, 5.41) is 2.90. The second kappa shape index (κ2) is 5.12. The molecule has 1 aliphatic heterocycles. The molecule has 2 aliphatic rings. The molecule has 1 fully saturated rings. The maximum absolute atomic E-state index is 12.7. The van der Waals surface area contributed by atoms with Crippen LogP contribution in [-0.4, -0.2) is 24.4 Å². The summed E-state index contributed by atoms with van der Waals surface area (Å²) in [7, 11) is 0. The molecule has 4 heteroatoms. The van der Waals surface area contributed by atoms with Crippen LogP contribution >= 0.6 is 0 Å². The maximum Gasteiger partial charge on any atom is 0.254 e. The van der Waals surface area contributed by atoms with E-state index in [2.05, 4.69) is 5.32 Å². The Balaban J connectivity index is 2.03. The predicted octanol–water partition coefficient (Wildman–Crippen LogP) is 2.12. The average Bonchev–Trinajstić information content (AvgIpc) is 3.29. The third kappa shape index (κ3) is 2.22. The maximum atomic E-state index is 12.7. The van der Waals surface area contributed by atoms with Gasteiger partial charge in [0.15, 0.2) is 0 Å². The Bertz CT molecular complexity index is 576. The number of allylic oxidation sites excluding steroid dienone is 1. The summed E-state index contributed by atoms with van der Waals surface area (Å²) >= 11 is 0. The molecule has 104 valence electrons. The van der Waals surface area contributed by atoms with E-state index in [1.165, 1.54) is 0 Å². The number of fused-ring (bicyclic) bond motifs is 1. The highest BCUT2D eigenvalue weighted by Gasteiger charge is 2.42. The number of nitrogens with one attached hydrogen (secondary N) is 1. The molecule has 1 aliphatic carbocycles. The normalized spacial score (nSPS) is 22.6. The number of carbonyl (C=O) groups is 2. The van der Waals surface area contributed by atoms with E-state index in [0.717, 1.165) is 12.8 Å². The second-order valence-electron chi connectivity index (χ2n) is 5.32. The van der Waals surface area contributed by atoms with E-state index in [1.54, 1.807) is 11.0 Å². The zero-order valence-corrected chi connectivity index (χ0v) is 11.5. The van der Waals surface area contributed by atoms with Gasteiger partial charge in [-0.3, -0.25) is 9.59 Å². The fraction of sp³-hybridized carbons (Fsp3) is 0.375. The Morgan fingerprint density at radius 3 is 2.75 bits per heavy atom. The van der Waals surface area contributed by atoms with Gasteiger partial charge in [-0.2, -0.15) is 0 Å². The number of hydrogen-bond donors (Lipinski definition) is 1. The molecule has 4 nitrogen and oxygen atoms in total. The van der Waals surface area contributed by atoms with Gasteiger partial charge in [0.2, 0.25) is 5.91 Å². The lowest BCUT2D eigenvalue weighted by molar-refractivity contribution is -0.120. The van der Waals surface area contributed by atoms with Gasteiger partial charge < -0.3 is 10.2 Å². The van der Waals surface area contributed by atoms with Crippen molar-refractivity contribution in [3.8, 4) is 0 Å². The molecule has 0 saturated heterocycles. The number of rotatable bonds is 3. The van der Waals surface area contributed by atoms with E-state index >= 15 is 0 Å². The van der Waals surface area contributed by atoms with Crippen LogP contribution in [0.1, 0.15) is 30.1 Å². The largest absolute Gasteiger partial charge is 0.340 e. The summed E-state index contributed by atoms with van der Waals surface area (Å²) in [6.45, 7) is 2.43. The molecule has 1 heterocycles. The van der Waals surface area contributed by atoms with Gasteiger partial charge in [0.05, 0.1) is 11.3 Å². The predicted molar refractivity (Wildman–Crippen MR) is 77.6 cm³/mol. The van der Waals surface area contributed by atoms with Crippen LogP contribution in [0.2, 0.25) is 0 Å². The van der Waals surface area contributed by atoms with Crippen LogP contribution in [0, 0.1) is 5.92 Å². The fourth-order valence-corrected chi connectivity index (χ4v) is 2.62. The molecule has 20 heavy (non-hydrogen) atoms. The molecule has 1 saturated carbocycles. The van der Waals surface area contributed by atoms with Crippen molar-refractivity contribution in [2.24, 2.45) is 5.92 Å². The highest BCUT2D eigenvalue weighted by atomic mass is 16.2. The average molecular weight is 270 g/mol. The van der Waals surface area contributed by atoms with Crippen LogP contribution < -0.4 is 10.2 Å². The molecule has 1 atom stereocenters. The summed E-state index contributed by atoms with van der Waals surface area (Å²) in [5.74, 6) is 0.159. The highest BCUT2D eigenvalue weighted by molar-refractivity contribution is 6.11. The number of hydrogen-bond acceptors (Lipinski definition) is 2. The standard InChI is InChI=1S/C16H18N2O2/c1-2-3-10-18-13-7-5-4-6-12(13)15(19)17-14(16(18)20)11-8-9-11/h2-7,11,14H,8-10H2,1H3,(H,17,19)/b3-2+. The summed E-state index contributed by atoms with van der Waals surface area (Å²) in [4.78, 5) is 26.7. The summed E-state index contributed by atoms with van der Waals surface area (Å²) < 4.78 is 0. The first kappa shape index (κ1) is 12.9. The lowest BCUT2D eigenvalue weighted by Crippen LogP contribution is -2.47. The van der Waals surface area contributed by atoms with E-state index in [1.807, 2.05) is 37.3 Å². The van der Waals surface area contributed by atoms with Crippen LogP contribution in [0.3, 0.4) is 0 Å². The van der Waals surface area contributed by atoms with E-state index in [-0.39, 0.29) is 17.9 Å². The minimum Gasteiger partial charge on any atom is -0.340 e. The molecule has 1 aromatic carbocycles. The summed E-state index contributed by atoms with van der Waals surface area (Å²) in [5.41, 5.74) is 1.28. The Labute approximate surface area is 118 Å². The molecule has 1 N–H and O–H groups in total. The topological polar surface area (TPSA) is 49.4 Å². The first-order valence-corrected chi connectivity index (χ1v) is 7.05. The van der Waals surface area contributed by atoms with Gasteiger partial charge in [0, 0.05) is 6.54 Å². The van der Waals surface area contributed by atoms with Crippen molar-refractivity contribution < 1.29 is 9.59 Å². The summed E-state index contributed by atoms with van der Waals surface area (Å²) in [6, 6.07) is 6.93. The molecule has 0 bridgehead atoms. The molecule has 1 aromatic rings. The van der Waals surface area contributed by atoms with E-state index in [9.17, 15) is 9.59 Å². The van der Waals surface area contributed by atoms with Crippen molar-refractivity contribution in [1.82, 2.24) is 5.32 Å². The number of carbonyl (C=O) groups excluding carboxylic acids is 2. The molecule has 3 rings (SSSR count). The number of anilines is 1. The van der Waals surface area contributed by atoms with E-state index < -0.39 is 0 Å². The van der Waals surface area contributed by atoms with Gasteiger partial charge in [-0.1, -0.05) is 24.3 Å². The molecule has 0 aromatic heterocycles. The lowest BCUT2D eigenvalue weighted by atomic mass is 10.1. The van der Waals surface area contributed by atoms with Crippen molar-refractivity contribution in [3.05, 3.63) is 42.0 Å². The molecular weight excluding hydrogens is 252 g/mol. The van der Waals surface area contributed by atoms with Crippen LogP contribution in [0.15, 0.2) is 36.4 Å². The Morgan fingerprint density at radius 2 is 2.05 bits per heavy atom. The lowest BCUT2D eigenvalue weighted by Gasteiger charge is -2.24.